The molecule has 0 saturated heterocycles. The molecule has 0 radical (unpaired) electrons. The van der Waals surface area contributed by atoms with Gasteiger partial charge in [0.25, 0.3) is 0 Å². The lowest BCUT2D eigenvalue weighted by molar-refractivity contribution is -0.127. The lowest BCUT2D eigenvalue weighted by Crippen LogP contribution is -2.29. The van der Waals surface area contributed by atoms with Gasteiger partial charge in [0.05, 0.1) is 6.61 Å². The van der Waals surface area contributed by atoms with Crippen LogP contribution >= 0.6 is 24.0 Å². The molecule has 124 valence electrons. The molecule has 0 spiro atoms. The number of thioether (sulfide) groups is 1. The van der Waals surface area contributed by atoms with E-state index in [0.29, 0.717) is 35.5 Å². The maximum absolute atomic E-state index is 12.5. The van der Waals surface area contributed by atoms with Crippen molar-refractivity contribution < 1.29 is 14.3 Å². The zero-order chi connectivity index (χ0) is 16.3. The molecular formula is C17H26O3S2. The van der Waals surface area contributed by atoms with Crippen LogP contribution in [0.4, 0.5) is 0 Å². The van der Waals surface area contributed by atoms with E-state index in [9.17, 15) is 9.59 Å². The number of ether oxygens (including phenoxy) is 1. The van der Waals surface area contributed by atoms with Crippen molar-refractivity contribution in [3.63, 3.8) is 0 Å². The number of hydrogen-bond acceptors (Lipinski definition) is 5. The molecule has 2 saturated carbocycles. The second kappa shape index (κ2) is 7.43. The molecule has 0 amide bonds. The van der Waals surface area contributed by atoms with Crippen molar-refractivity contribution in [2.45, 2.75) is 64.5 Å². The smallest absolute Gasteiger partial charge is 0.220 e. The SMILES string of the molecule is CCCC(=O)CC1C(=O)C[C@@]2(C)CCC(SC(=S)OCC)[C@@H]12. The maximum Gasteiger partial charge on any atom is 0.220 e. The molecule has 0 aliphatic heterocycles. The van der Waals surface area contributed by atoms with Crippen LogP contribution in [0.5, 0.6) is 0 Å². The first-order chi connectivity index (χ1) is 10.4. The van der Waals surface area contributed by atoms with Gasteiger partial charge in [0.15, 0.2) is 0 Å². The Morgan fingerprint density at radius 2 is 2.18 bits per heavy atom. The standard InChI is InChI=1S/C17H26O3S2/c1-4-6-11(18)9-12-13(19)10-17(3)8-7-14(15(12)17)22-16(21)20-5-2/h12,14-15H,4-10H2,1-3H3/t12?,14?,15-,17-/m1/s1. The first-order valence-corrected chi connectivity index (χ1v) is 9.58. The molecule has 0 bridgehead atoms. The molecule has 3 nitrogen and oxygen atoms in total. The van der Waals surface area contributed by atoms with Gasteiger partial charge in [-0.2, -0.15) is 0 Å². The summed E-state index contributed by atoms with van der Waals surface area (Å²) in [6, 6.07) is 0. The van der Waals surface area contributed by atoms with E-state index in [2.05, 4.69) is 6.92 Å². The number of carbonyl (C=O) groups is 2. The Morgan fingerprint density at radius 1 is 1.45 bits per heavy atom. The highest BCUT2D eigenvalue weighted by Crippen LogP contribution is 2.59. The third-order valence-electron chi connectivity index (χ3n) is 5.12. The Morgan fingerprint density at radius 3 is 2.82 bits per heavy atom. The molecule has 0 heterocycles. The van der Waals surface area contributed by atoms with E-state index in [1.54, 1.807) is 11.8 Å². The zero-order valence-corrected chi connectivity index (χ0v) is 15.4. The fourth-order valence-corrected chi connectivity index (χ4v) is 6.04. The summed E-state index contributed by atoms with van der Waals surface area (Å²) in [4.78, 5) is 24.5. The average molecular weight is 343 g/mol. The summed E-state index contributed by atoms with van der Waals surface area (Å²) < 4.78 is 5.99. The summed E-state index contributed by atoms with van der Waals surface area (Å²) in [5.41, 5.74) is 0.0493. The van der Waals surface area contributed by atoms with Gasteiger partial charge in [-0.3, -0.25) is 9.59 Å². The number of carbonyl (C=O) groups excluding carboxylic acids is 2. The highest BCUT2D eigenvalue weighted by molar-refractivity contribution is 8.23. The minimum Gasteiger partial charge on any atom is -0.479 e. The number of Topliss-reactive ketones (excluding diaryl/α,β-unsaturated/α-hetero) is 2. The van der Waals surface area contributed by atoms with E-state index in [1.807, 2.05) is 13.8 Å². The van der Waals surface area contributed by atoms with Crippen molar-refractivity contribution in [1.29, 1.82) is 0 Å². The summed E-state index contributed by atoms with van der Waals surface area (Å²) in [6.45, 7) is 6.73. The van der Waals surface area contributed by atoms with Crippen LogP contribution in [0.2, 0.25) is 0 Å². The Kier molecular flexibility index (Phi) is 6.06. The summed E-state index contributed by atoms with van der Waals surface area (Å²) in [5.74, 6) is 0.676. The van der Waals surface area contributed by atoms with E-state index < -0.39 is 0 Å². The van der Waals surface area contributed by atoms with E-state index in [4.69, 9.17) is 17.0 Å². The third-order valence-corrected chi connectivity index (χ3v) is 6.67. The van der Waals surface area contributed by atoms with Crippen LogP contribution in [-0.2, 0) is 14.3 Å². The fraction of sp³-hybridized carbons (Fsp3) is 0.824. The van der Waals surface area contributed by atoms with Crippen molar-refractivity contribution in [3.05, 3.63) is 0 Å². The lowest BCUT2D eigenvalue weighted by atomic mass is 9.78. The molecule has 0 N–H and O–H groups in total. The van der Waals surface area contributed by atoms with Gasteiger partial charge in [0.1, 0.15) is 11.6 Å². The highest BCUT2D eigenvalue weighted by Gasteiger charge is 2.57. The summed E-state index contributed by atoms with van der Waals surface area (Å²) in [6.07, 6.45) is 4.60. The molecule has 2 aliphatic rings. The zero-order valence-electron chi connectivity index (χ0n) is 13.7. The van der Waals surface area contributed by atoms with Crippen LogP contribution < -0.4 is 0 Å². The number of fused-ring (bicyclic) bond motifs is 1. The van der Waals surface area contributed by atoms with Gasteiger partial charge in [-0.05, 0) is 49.7 Å². The van der Waals surface area contributed by atoms with Crippen molar-refractivity contribution in [2.24, 2.45) is 17.3 Å². The molecule has 2 aliphatic carbocycles. The molecule has 4 atom stereocenters. The van der Waals surface area contributed by atoms with Crippen LogP contribution in [0.25, 0.3) is 0 Å². The molecule has 0 aromatic heterocycles. The van der Waals surface area contributed by atoms with Gasteiger partial charge in [-0.15, -0.1) is 0 Å². The number of thiocarbonyl (C=S) groups is 1. The third kappa shape index (κ3) is 3.73. The Balaban J connectivity index is 2.10. The normalized spacial score (nSPS) is 33.8. The van der Waals surface area contributed by atoms with E-state index >= 15 is 0 Å². The van der Waals surface area contributed by atoms with Crippen molar-refractivity contribution in [1.82, 2.24) is 0 Å². The van der Waals surface area contributed by atoms with Crippen molar-refractivity contribution >= 4 is 39.9 Å². The number of hydrogen-bond donors (Lipinski definition) is 0. The predicted octanol–water partition coefficient (Wildman–Crippen LogP) is 4.17. The van der Waals surface area contributed by atoms with Gasteiger partial charge in [-0.1, -0.05) is 25.6 Å². The predicted molar refractivity (Wildman–Crippen MR) is 94.1 cm³/mol. The molecule has 2 unspecified atom stereocenters. The Bertz CT molecular complexity index is 463. The van der Waals surface area contributed by atoms with E-state index in [-0.39, 0.29) is 28.8 Å². The second-order valence-electron chi connectivity index (χ2n) is 6.80. The van der Waals surface area contributed by atoms with Gasteiger partial charge in [0.2, 0.25) is 4.38 Å². The van der Waals surface area contributed by atoms with Gasteiger partial charge >= 0.3 is 0 Å². The fourth-order valence-electron chi connectivity index (χ4n) is 4.22. The van der Waals surface area contributed by atoms with E-state index in [0.717, 1.165) is 19.3 Å². The molecule has 5 heteroatoms. The van der Waals surface area contributed by atoms with Crippen LogP contribution in [0.1, 0.15) is 59.3 Å². The monoisotopic (exact) mass is 342 g/mol. The molecular weight excluding hydrogens is 316 g/mol. The minimum atomic E-state index is -0.103. The molecule has 0 aromatic rings. The van der Waals surface area contributed by atoms with Crippen molar-refractivity contribution in [3.8, 4) is 0 Å². The summed E-state index contributed by atoms with van der Waals surface area (Å²) in [5, 5.41) is 0.315. The van der Waals surface area contributed by atoms with Gasteiger partial charge in [0, 0.05) is 30.4 Å². The average Bonchev–Trinajstić information content (AvgIpc) is 2.85. The second-order valence-corrected chi connectivity index (χ2v) is 8.64. The van der Waals surface area contributed by atoms with E-state index in [1.165, 1.54) is 0 Å². The van der Waals surface area contributed by atoms with Gasteiger partial charge < -0.3 is 4.74 Å². The van der Waals surface area contributed by atoms with Gasteiger partial charge in [-0.25, -0.2) is 0 Å². The molecule has 2 rings (SSSR count). The molecule has 0 aromatic carbocycles. The van der Waals surface area contributed by atoms with Crippen LogP contribution in [0.3, 0.4) is 0 Å². The number of ketones is 2. The lowest BCUT2D eigenvalue weighted by Gasteiger charge is -2.29. The summed E-state index contributed by atoms with van der Waals surface area (Å²) in [7, 11) is 0. The Labute approximate surface area is 142 Å². The quantitative estimate of drug-likeness (QED) is 0.678. The Hall–Kier alpha value is -0.420. The summed E-state index contributed by atoms with van der Waals surface area (Å²) >= 11 is 6.87. The first kappa shape index (κ1) is 17.9. The molecule has 22 heavy (non-hydrogen) atoms. The largest absolute Gasteiger partial charge is 0.479 e. The molecule has 2 fully saturated rings. The van der Waals surface area contributed by atoms with Crippen LogP contribution in [-0.4, -0.2) is 27.8 Å². The van der Waals surface area contributed by atoms with Crippen LogP contribution in [0, 0.1) is 17.3 Å². The maximum atomic E-state index is 12.5. The topological polar surface area (TPSA) is 43.4 Å². The number of rotatable bonds is 6. The minimum absolute atomic E-state index is 0.0493. The highest BCUT2D eigenvalue weighted by atomic mass is 32.2. The first-order valence-electron chi connectivity index (χ1n) is 8.29. The van der Waals surface area contributed by atoms with Crippen molar-refractivity contribution in [2.75, 3.05) is 6.61 Å². The van der Waals surface area contributed by atoms with Crippen LogP contribution in [0.15, 0.2) is 0 Å².